The first-order chi connectivity index (χ1) is 27.8. The van der Waals surface area contributed by atoms with E-state index in [1.165, 1.54) is 82.1 Å². The Morgan fingerprint density at radius 1 is 0.357 bits per heavy atom. The summed E-state index contributed by atoms with van der Waals surface area (Å²) in [6, 6.07) is 65.9. The summed E-state index contributed by atoms with van der Waals surface area (Å²) in [7, 11) is 0. The minimum Gasteiger partial charge on any atom is -0.308 e. The number of hydrogen-bond acceptors (Lipinski definition) is 2. The lowest BCUT2D eigenvalue weighted by molar-refractivity contribution is 1.01. The molecule has 1 aliphatic heterocycles. The molecule has 0 bridgehead atoms. The van der Waals surface area contributed by atoms with Crippen molar-refractivity contribution in [2.24, 2.45) is 0 Å². The van der Waals surface area contributed by atoms with Gasteiger partial charge in [0.1, 0.15) is 0 Å². The Morgan fingerprint density at radius 2 is 0.964 bits per heavy atom. The van der Waals surface area contributed by atoms with Gasteiger partial charge in [-0.25, -0.2) is 9.97 Å². The fourth-order valence-corrected chi connectivity index (χ4v) is 9.75. The zero-order chi connectivity index (χ0) is 36.5. The maximum absolute atomic E-state index is 5.63. The van der Waals surface area contributed by atoms with Crippen molar-refractivity contribution >= 4 is 76.1 Å². The SMILES string of the molecule is c1ccc2c(c1)-c1ccccc1-n1c3ccccc3c3cc4c(c-2c31)c1ccccc1n4-c1nc(-c2cc3ccccc3c3ccccc23)c2ccccc2n1. The lowest BCUT2D eigenvalue weighted by Gasteiger charge is -2.15. The van der Waals surface area contributed by atoms with Crippen molar-refractivity contribution in [1.29, 1.82) is 0 Å². The van der Waals surface area contributed by atoms with Crippen molar-refractivity contribution in [1.82, 2.24) is 19.1 Å². The number of para-hydroxylation sites is 4. The summed E-state index contributed by atoms with van der Waals surface area (Å²) >= 11 is 0. The van der Waals surface area contributed by atoms with Crippen LogP contribution in [-0.2, 0) is 0 Å². The van der Waals surface area contributed by atoms with Gasteiger partial charge in [-0.3, -0.25) is 4.57 Å². The first kappa shape index (κ1) is 29.8. The molecular formula is C52H30N4. The summed E-state index contributed by atoms with van der Waals surface area (Å²) < 4.78 is 4.81. The zero-order valence-electron chi connectivity index (χ0n) is 30.1. The van der Waals surface area contributed by atoms with E-state index in [2.05, 4.69) is 191 Å². The van der Waals surface area contributed by atoms with Crippen LogP contribution in [0.4, 0.5) is 0 Å². The molecule has 0 atom stereocenters. The summed E-state index contributed by atoms with van der Waals surface area (Å²) in [5.41, 5.74) is 13.6. The van der Waals surface area contributed by atoms with E-state index < -0.39 is 0 Å². The highest BCUT2D eigenvalue weighted by molar-refractivity contribution is 6.28. The van der Waals surface area contributed by atoms with Crippen LogP contribution in [0.3, 0.4) is 0 Å². The molecule has 4 heteroatoms. The molecule has 1 aliphatic rings. The maximum atomic E-state index is 5.63. The number of nitrogens with zero attached hydrogens (tertiary/aromatic N) is 4. The summed E-state index contributed by atoms with van der Waals surface area (Å²) in [5, 5.41) is 10.7. The summed E-state index contributed by atoms with van der Waals surface area (Å²) in [6.45, 7) is 0. The number of aromatic nitrogens is 4. The molecule has 9 aromatic carbocycles. The van der Waals surface area contributed by atoms with Gasteiger partial charge in [-0.2, -0.15) is 0 Å². The number of hydrogen-bond donors (Lipinski definition) is 0. The van der Waals surface area contributed by atoms with Crippen LogP contribution in [0.25, 0.3) is 121 Å². The van der Waals surface area contributed by atoms with Gasteiger partial charge in [0.2, 0.25) is 5.95 Å². The van der Waals surface area contributed by atoms with Crippen molar-refractivity contribution in [3.05, 3.63) is 182 Å². The molecule has 258 valence electrons. The van der Waals surface area contributed by atoms with Crippen LogP contribution in [0.5, 0.6) is 0 Å². The molecule has 56 heavy (non-hydrogen) atoms. The van der Waals surface area contributed by atoms with Crippen molar-refractivity contribution in [2.45, 2.75) is 0 Å². The van der Waals surface area contributed by atoms with Gasteiger partial charge in [0.25, 0.3) is 0 Å². The van der Waals surface area contributed by atoms with E-state index in [4.69, 9.17) is 9.97 Å². The topological polar surface area (TPSA) is 35.6 Å². The Hall–Kier alpha value is -7.56. The Bertz CT molecular complexity index is 3660. The lowest BCUT2D eigenvalue weighted by atomic mass is 9.91. The normalized spacial score (nSPS) is 12.3. The average molecular weight is 711 g/mol. The monoisotopic (exact) mass is 710 g/mol. The van der Waals surface area contributed by atoms with Crippen molar-refractivity contribution in [3.63, 3.8) is 0 Å². The van der Waals surface area contributed by atoms with Gasteiger partial charge >= 0.3 is 0 Å². The van der Waals surface area contributed by atoms with E-state index in [1.54, 1.807) is 0 Å². The highest BCUT2D eigenvalue weighted by atomic mass is 15.2. The second-order valence-electron chi connectivity index (χ2n) is 14.9. The van der Waals surface area contributed by atoms with Crippen LogP contribution in [0.15, 0.2) is 182 Å². The molecule has 4 heterocycles. The molecule has 0 saturated carbocycles. The largest absolute Gasteiger partial charge is 0.308 e. The fraction of sp³-hybridized carbons (Fsp3) is 0. The van der Waals surface area contributed by atoms with E-state index >= 15 is 0 Å². The van der Waals surface area contributed by atoms with Crippen LogP contribution >= 0.6 is 0 Å². The molecule has 0 radical (unpaired) electrons. The molecule has 3 aromatic heterocycles. The third kappa shape index (κ3) is 3.87. The van der Waals surface area contributed by atoms with Crippen LogP contribution in [0.2, 0.25) is 0 Å². The van der Waals surface area contributed by atoms with Gasteiger partial charge in [-0.1, -0.05) is 146 Å². The molecule has 4 nitrogen and oxygen atoms in total. The standard InChI is InChI=1S/C52H30N4/c1-2-16-32-31(15-1)29-41(34-18-4-3-17-33(32)34)50-39-23-7-11-25-43(39)53-52(54-50)56-46-28-14-10-24-40(46)48-47(56)30-42-37-21-9-13-27-45(37)55-44-26-12-8-20-36(44)35-19-5-6-22-38(35)49(48)51(42)55/h1-30H. The van der Waals surface area contributed by atoms with E-state index in [9.17, 15) is 0 Å². The van der Waals surface area contributed by atoms with Crippen molar-refractivity contribution in [2.75, 3.05) is 0 Å². The predicted octanol–water partition coefficient (Wildman–Crippen LogP) is 13.4. The van der Waals surface area contributed by atoms with Gasteiger partial charge in [0, 0.05) is 43.6 Å². The Morgan fingerprint density at radius 3 is 1.80 bits per heavy atom. The second-order valence-corrected chi connectivity index (χ2v) is 14.9. The molecule has 12 aromatic rings. The van der Waals surface area contributed by atoms with Crippen molar-refractivity contribution < 1.29 is 0 Å². The van der Waals surface area contributed by atoms with Gasteiger partial charge in [-0.15, -0.1) is 0 Å². The molecule has 0 saturated heterocycles. The molecule has 0 unspecified atom stereocenters. The van der Waals surface area contributed by atoms with E-state index in [0.29, 0.717) is 5.95 Å². The fourth-order valence-electron chi connectivity index (χ4n) is 9.75. The van der Waals surface area contributed by atoms with Crippen LogP contribution < -0.4 is 0 Å². The molecule has 0 fully saturated rings. The third-order valence-electron chi connectivity index (χ3n) is 12.0. The molecule has 0 aliphatic carbocycles. The highest BCUT2D eigenvalue weighted by Crippen LogP contribution is 2.51. The quantitative estimate of drug-likeness (QED) is 0.167. The summed E-state index contributed by atoms with van der Waals surface area (Å²) in [4.78, 5) is 11.0. The van der Waals surface area contributed by atoms with Gasteiger partial charge in [0.15, 0.2) is 0 Å². The van der Waals surface area contributed by atoms with Gasteiger partial charge in [-0.05, 0) is 69.1 Å². The molecular weight excluding hydrogens is 681 g/mol. The second kappa shape index (κ2) is 11.0. The Balaban J connectivity index is 1.22. The minimum atomic E-state index is 0.655. The smallest absolute Gasteiger partial charge is 0.235 e. The first-order valence-electron chi connectivity index (χ1n) is 19.2. The summed E-state index contributed by atoms with van der Waals surface area (Å²) in [6.07, 6.45) is 0. The Labute approximate surface area is 321 Å². The Kier molecular flexibility index (Phi) is 5.86. The molecule has 0 amide bonds. The van der Waals surface area contributed by atoms with Gasteiger partial charge < -0.3 is 4.57 Å². The zero-order valence-corrected chi connectivity index (χ0v) is 30.1. The van der Waals surface area contributed by atoms with Crippen LogP contribution in [0, 0.1) is 0 Å². The van der Waals surface area contributed by atoms with E-state index in [-0.39, 0.29) is 0 Å². The lowest BCUT2D eigenvalue weighted by Crippen LogP contribution is -2.04. The third-order valence-corrected chi connectivity index (χ3v) is 12.0. The minimum absolute atomic E-state index is 0.655. The van der Waals surface area contributed by atoms with E-state index in [0.717, 1.165) is 33.2 Å². The first-order valence-corrected chi connectivity index (χ1v) is 19.2. The highest BCUT2D eigenvalue weighted by Gasteiger charge is 2.29. The maximum Gasteiger partial charge on any atom is 0.235 e. The molecule has 0 N–H and O–H groups in total. The van der Waals surface area contributed by atoms with Crippen molar-refractivity contribution in [3.8, 4) is 45.1 Å². The molecule has 0 spiro atoms. The number of fused-ring (bicyclic) bond motifs is 16. The van der Waals surface area contributed by atoms with Crippen LogP contribution in [0.1, 0.15) is 0 Å². The average Bonchev–Trinajstić information content (AvgIpc) is 3.73. The van der Waals surface area contributed by atoms with E-state index in [1.807, 2.05) is 0 Å². The van der Waals surface area contributed by atoms with Crippen LogP contribution in [-0.4, -0.2) is 19.1 Å². The molecule has 13 rings (SSSR count). The van der Waals surface area contributed by atoms with Gasteiger partial charge in [0.05, 0.1) is 39.0 Å². The number of benzene rings is 9. The predicted molar refractivity (Wildman–Crippen MR) is 233 cm³/mol. The summed E-state index contributed by atoms with van der Waals surface area (Å²) in [5.74, 6) is 0.655. The number of rotatable bonds is 2.